The van der Waals surface area contributed by atoms with Crippen LogP contribution in [-0.2, 0) is 22.4 Å². The molecule has 0 bridgehead atoms. The molecule has 0 saturated heterocycles. The van der Waals surface area contributed by atoms with E-state index in [1.165, 1.54) is 0 Å². The van der Waals surface area contributed by atoms with E-state index in [2.05, 4.69) is 5.32 Å². The lowest BCUT2D eigenvalue weighted by atomic mass is 9.99. The van der Waals surface area contributed by atoms with Gasteiger partial charge in [-0.25, -0.2) is 14.4 Å². The summed E-state index contributed by atoms with van der Waals surface area (Å²) in [7, 11) is 0. The fourth-order valence-corrected chi connectivity index (χ4v) is 3.61. The SMILES string of the molecule is CC[C@H](C)[C@@H](NC(=O)OC(C)(C)C)C(=O)Oc1ccc2c3c(c(=O)oc2c1)CCC3. The van der Waals surface area contributed by atoms with Crippen LogP contribution in [-0.4, -0.2) is 23.7 Å². The Morgan fingerprint density at radius 3 is 2.57 bits per heavy atom. The van der Waals surface area contributed by atoms with E-state index in [9.17, 15) is 14.4 Å². The number of ether oxygens (including phenoxy) is 2. The van der Waals surface area contributed by atoms with Crippen LogP contribution in [0.1, 0.15) is 58.6 Å². The number of alkyl carbamates (subject to hydrolysis) is 1. The van der Waals surface area contributed by atoms with Gasteiger partial charge in [-0.3, -0.25) is 0 Å². The molecule has 2 aromatic rings. The van der Waals surface area contributed by atoms with Gasteiger partial charge in [0.1, 0.15) is 23.0 Å². The highest BCUT2D eigenvalue weighted by Gasteiger charge is 2.30. The summed E-state index contributed by atoms with van der Waals surface area (Å²) >= 11 is 0. The number of hydrogen-bond donors (Lipinski definition) is 1. The van der Waals surface area contributed by atoms with Crippen molar-refractivity contribution in [3.8, 4) is 5.75 Å². The molecule has 0 unspecified atom stereocenters. The van der Waals surface area contributed by atoms with Crippen molar-refractivity contribution >= 4 is 23.0 Å². The normalized spacial score (nSPS) is 15.4. The molecule has 1 aliphatic carbocycles. The minimum absolute atomic E-state index is 0.160. The van der Waals surface area contributed by atoms with Gasteiger partial charge in [0.05, 0.1) is 0 Å². The molecule has 0 spiro atoms. The highest BCUT2D eigenvalue weighted by atomic mass is 16.6. The summed E-state index contributed by atoms with van der Waals surface area (Å²) in [5.41, 5.74) is 1.15. The summed E-state index contributed by atoms with van der Waals surface area (Å²) in [6.07, 6.45) is 2.49. The lowest BCUT2D eigenvalue weighted by Gasteiger charge is -2.25. The Morgan fingerprint density at radius 2 is 1.90 bits per heavy atom. The molecule has 0 fully saturated rings. The second kappa shape index (κ2) is 8.50. The van der Waals surface area contributed by atoms with E-state index in [1.54, 1.807) is 32.9 Å². The number of carbonyl (C=O) groups excluding carboxylic acids is 2. The van der Waals surface area contributed by atoms with Crippen molar-refractivity contribution in [1.29, 1.82) is 0 Å². The summed E-state index contributed by atoms with van der Waals surface area (Å²) in [4.78, 5) is 37.2. The van der Waals surface area contributed by atoms with E-state index >= 15 is 0 Å². The molecule has 7 nitrogen and oxygen atoms in total. The Hall–Kier alpha value is -2.83. The van der Waals surface area contributed by atoms with E-state index in [1.807, 2.05) is 19.9 Å². The molecule has 1 heterocycles. The van der Waals surface area contributed by atoms with Gasteiger partial charge in [-0.15, -0.1) is 0 Å². The fourth-order valence-electron chi connectivity index (χ4n) is 3.61. The molecule has 2 atom stereocenters. The first-order chi connectivity index (χ1) is 14.1. The van der Waals surface area contributed by atoms with Gasteiger partial charge in [0.25, 0.3) is 0 Å². The summed E-state index contributed by atoms with van der Waals surface area (Å²) in [6.45, 7) is 9.04. The summed E-state index contributed by atoms with van der Waals surface area (Å²) in [6, 6.07) is 4.17. The molecule has 0 saturated carbocycles. The molecule has 0 radical (unpaired) electrons. The Kier molecular flexibility index (Phi) is 6.19. The van der Waals surface area contributed by atoms with Crippen LogP contribution in [0.3, 0.4) is 0 Å². The van der Waals surface area contributed by atoms with Crippen LogP contribution in [0.5, 0.6) is 5.75 Å². The molecule has 1 aliphatic rings. The third-order valence-electron chi connectivity index (χ3n) is 5.30. The number of esters is 1. The molecular weight excluding hydrogens is 386 g/mol. The standard InChI is InChI=1S/C23H29NO6/c1-6-13(2)19(24-22(27)30-23(3,4)5)21(26)28-14-10-11-16-15-8-7-9-17(15)20(25)29-18(16)12-14/h10-13,19H,6-9H2,1-5H3,(H,24,27)/t13-,19+/m0/s1. The number of amides is 1. The Morgan fingerprint density at radius 1 is 1.20 bits per heavy atom. The number of nitrogens with one attached hydrogen (secondary N) is 1. The van der Waals surface area contributed by atoms with Gasteiger partial charge in [0.2, 0.25) is 0 Å². The summed E-state index contributed by atoms with van der Waals surface area (Å²) in [5.74, 6) is -0.502. The zero-order valence-corrected chi connectivity index (χ0v) is 18.2. The number of rotatable bonds is 5. The molecule has 0 aliphatic heterocycles. The van der Waals surface area contributed by atoms with E-state index in [0.29, 0.717) is 12.0 Å². The van der Waals surface area contributed by atoms with E-state index in [-0.39, 0.29) is 17.3 Å². The number of fused-ring (bicyclic) bond motifs is 3. The monoisotopic (exact) mass is 415 g/mol. The Bertz CT molecular complexity index is 1020. The third kappa shape index (κ3) is 4.83. The van der Waals surface area contributed by atoms with Crippen molar-refractivity contribution in [3.05, 3.63) is 39.7 Å². The van der Waals surface area contributed by atoms with Crippen molar-refractivity contribution in [3.63, 3.8) is 0 Å². The van der Waals surface area contributed by atoms with Gasteiger partial charge >= 0.3 is 17.7 Å². The lowest BCUT2D eigenvalue weighted by molar-refractivity contribution is -0.138. The minimum Gasteiger partial charge on any atom is -0.444 e. The fraction of sp³-hybridized carbons (Fsp3) is 0.522. The van der Waals surface area contributed by atoms with Crippen molar-refractivity contribution in [1.82, 2.24) is 5.32 Å². The zero-order chi connectivity index (χ0) is 22.1. The van der Waals surface area contributed by atoms with Crippen LogP contribution in [0.25, 0.3) is 11.0 Å². The number of carbonyl (C=O) groups is 2. The Balaban J connectivity index is 1.81. The summed E-state index contributed by atoms with van der Waals surface area (Å²) < 4.78 is 16.2. The van der Waals surface area contributed by atoms with Crippen LogP contribution in [0.15, 0.2) is 27.4 Å². The van der Waals surface area contributed by atoms with Gasteiger partial charge < -0.3 is 19.2 Å². The number of benzene rings is 1. The van der Waals surface area contributed by atoms with E-state index in [4.69, 9.17) is 13.9 Å². The molecule has 1 aromatic heterocycles. The largest absolute Gasteiger partial charge is 0.444 e. The highest BCUT2D eigenvalue weighted by molar-refractivity contribution is 5.86. The number of hydrogen-bond acceptors (Lipinski definition) is 6. The predicted molar refractivity (Wildman–Crippen MR) is 113 cm³/mol. The molecule has 1 N–H and O–H groups in total. The van der Waals surface area contributed by atoms with Crippen LogP contribution in [0.2, 0.25) is 0 Å². The van der Waals surface area contributed by atoms with Crippen LogP contribution in [0, 0.1) is 5.92 Å². The molecular formula is C23H29NO6. The predicted octanol–water partition coefficient (Wildman–Crippen LogP) is 4.13. The second-order valence-corrected chi connectivity index (χ2v) is 8.79. The average Bonchev–Trinajstić information content (AvgIpc) is 3.14. The van der Waals surface area contributed by atoms with Crippen molar-refractivity contribution < 1.29 is 23.5 Å². The van der Waals surface area contributed by atoms with Gasteiger partial charge in [-0.1, -0.05) is 20.3 Å². The first-order valence-electron chi connectivity index (χ1n) is 10.4. The van der Waals surface area contributed by atoms with Crippen LogP contribution in [0.4, 0.5) is 4.79 Å². The maximum Gasteiger partial charge on any atom is 0.408 e. The van der Waals surface area contributed by atoms with Crippen molar-refractivity contribution in [2.75, 3.05) is 0 Å². The first-order valence-corrected chi connectivity index (χ1v) is 10.4. The van der Waals surface area contributed by atoms with Gasteiger partial charge in [-0.2, -0.15) is 0 Å². The topological polar surface area (TPSA) is 94.8 Å². The average molecular weight is 415 g/mol. The van der Waals surface area contributed by atoms with Crippen LogP contribution < -0.4 is 15.7 Å². The van der Waals surface area contributed by atoms with E-state index < -0.39 is 23.7 Å². The molecule has 30 heavy (non-hydrogen) atoms. The number of aryl methyl sites for hydroxylation is 1. The Labute approximate surface area is 175 Å². The second-order valence-electron chi connectivity index (χ2n) is 8.79. The summed E-state index contributed by atoms with van der Waals surface area (Å²) in [5, 5.41) is 3.48. The van der Waals surface area contributed by atoms with Crippen molar-refractivity contribution in [2.45, 2.75) is 71.9 Å². The molecule has 3 rings (SSSR count). The van der Waals surface area contributed by atoms with E-state index in [0.717, 1.165) is 35.8 Å². The minimum atomic E-state index is -0.868. The van der Waals surface area contributed by atoms with Gasteiger partial charge in [0, 0.05) is 17.0 Å². The molecule has 162 valence electrons. The highest BCUT2D eigenvalue weighted by Crippen LogP contribution is 2.30. The van der Waals surface area contributed by atoms with Crippen LogP contribution >= 0.6 is 0 Å². The maximum absolute atomic E-state index is 12.8. The van der Waals surface area contributed by atoms with Crippen molar-refractivity contribution in [2.24, 2.45) is 5.92 Å². The lowest BCUT2D eigenvalue weighted by Crippen LogP contribution is -2.48. The quantitative estimate of drug-likeness (QED) is 0.448. The maximum atomic E-state index is 12.8. The first kappa shape index (κ1) is 21.9. The molecule has 1 amide bonds. The molecule has 7 heteroatoms. The van der Waals surface area contributed by atoms with Gasteiger partial charge in [0.15, 0.2) is 0 Å². The zero-order valence-electron chi connectivity index (χ0n) is 18.2. The van der Waals surface area contributed by atoms with Gasteiger partial charge in [-0.05, 0) is 63.6 Å². The smallest absolute Gasteiger partial charge is 0.408 e. The third-order valence-corrected chi connectivity index (χ3v) is 5.30. The molecule has 1 aromatic carbocycles.